The quantitative estimate of drug-likeness (QED) is 0.542. The molecule has 0 unspecified atom stereocenters. The van der Waals surface area contributed by atoms with Gasteiger partial charge in [-0.2, -0.15) is 0 Å². The summed E-state index contributed by atoms with van der Waals surface area (Å²) in [5.41, 5.74) is 2.24. The molecule has 0 aliphatic carbocycles. The highest BCUT2D eigenvalue weighted by Gasteiger charge is 2.25. The first-order chi connectivity index (χ1) is 13.5. The normalized spacial score (nSPS) is 11.8. The van der Waals surface area contributed by atoms with E-state index in [9.17, 15) is 9.59 Å². The number of methoxy groups -OCH3 is 1. The number of aromatic amines is 1. The van der Waals surface area contributed by atoms with Crippen LogP contribution in [0.3, 0.4) is 0 Å². The number of benzene rings is 2. The molecule has 0 bridgehead atoms. The average Bonchev–Trinajstić information content (AvgIpc) is 3.11. The van der Waals surface area contributed by atoms with Crippen molar-refractivity contribution >= 4 is 38.7 Å². The zero-order valence-corrected chi connectivity index (χ0v) is 17.2. The second-order valence-electron chi connectivity index (χ2n) is 6.19. The molecule has 0 spiro atoms. The van der Waals surface area contributed by atoms with E-state index < -0.39 is 17.9 Å². The van der Waals surface area contributed by atoms with E-state index in [-0.39, 0.29) is 0 Å². The van der Waals surface area contributed by atoms with Crippen molar-refractivity contribution in [3.8, 4) is 5.75 Å². The number of aromatic nitrogens is 1. The van der Waals surface area contributed by atoms with E-state index in [0.717, 1.165) is 20.9 Å². The van der Waals surface area contributed by atoms with Crippen LogP contribution in [0.4, 0.5) is 0 Å². The fraction of sp³-hybridized carbons (Fsp3) is 0.238. The van der Waals surface area contributed by atoms with Gasteiger partial charge in [0.1, 0.15) is 11.8 Å². The number of H-pyrrole nitrogens is 1. The lowest BCUT2D eigenvalue weighted by atomic mass is 10.0. The zero-order chi connectivity index (χ0) is 20.1. The predicted molar refractivity (Wildman–Crippen MR) is 111 cm³/mol. The van der Waals surface area contributed by atoms with Gasteiger partial charge in [0.25, 0.3) is 5.91 Å². The molecule has 0 aliphatic rings. The molecule has 1 amide bonds. The standard InChI is InChI=1S/C21H21BrN2O4/c1-3-28-19-9-8-14(22)11-16(19)20(25)24-18(21(26)27-2)10-13-12-23-17-7-5-4-6-15(13)17/h4-9,11-12,18,23H,3,10H2,1-2H3,(H,24,25)/t18-/m1/s1. The number of halogens is 1. The van der Waals surface area contributed by atoms with Gasteiger partial charge >= 0.3 is 5.97 Å². The van der Waals surface area contributed by atoms with Crippen molar-refractivity contribution in [2.75, 3.05) is 13.7 Å². The first-order valence-electron chi connectivity index (χ1n) is 8.89. The van der Waals surface area contributed by atoms with Crippen LogP contribution < -0.4 is 10.1 Å². The van der Waals surface area contributed by atoms with Crippen molar-refractivity contribution in [1.82, 2.24) is 10.3 Å². The van der Waals surface area contributed by atoms with Crippen molar-refractivity contribution in [2.45, 2.75) is 19.4 Å². The second-order valence-corrected chi connectivity index (χ2v) is 7.10. The number of fused-ring (bicyclic) bond motifs is 1. The lowest BCUT2D eigenvalue weighted by Gasteiger charge is -2.18. The fourth-order valence-electron chi connectivity index (χ4n) is 3.05. The van der Waals surface area contributed by atoms with Crippen molar-refractivity contribution in [2.24, 2.45) is 0 Å². The summed E-state index contributed by atoms with van der Waals surface area (Å²) < 4.78 is 11.2. The van der Waals surface area contributed by atoms with Crippen LogP contribution >= 0.6 is 15.9 Å². The first kappa shape index (κ1) is 19.9. The number of ether oxygens (including phenoxy) is 2. The van der Waals surface area contributed by atoms with E-state index in [1.165, 1.54) is 7.11 Å². The van der Waals surface area contributed by atoms with Gasteiger partial charge in [-0.1, -0.05) is 34.1 Å². The number of esters is 1. The molecule has 28 heavy (non-hydrogen) atoms. The molecule has 3 rings (SSSR count). The Labute approximate surface area is 171 Å². The molecule has 1 heterocycles. The Bertz CT molecular complexity index is 999. The van der Waals surface area contributed by atoms with Crippen LogP contribution in [0.5, 0.6) is 5.75 Å². The topological polar surface area (TPSA) is 80.4 Å². The lowest BCUT2D eigenvalue weighted by Crippen LogP contribution is -2.43. The summed E-state index contributed by atoms with van der Waals surface area (Å²) in [6, 6.07) is 12.2. The van der Waals surface area contributed by atoms with Crippen LogP contribution in [0.25, 0.3) is 10.9 Å². The van der Waals surface area contributed by atoms with E-state index in [0.29, 0.717) is 24.3 Å². The summed E-state index contributed by atoms with van der Waals surface area (Å²) in [6.07, 6.45) is 2.15. The van der Waals surface area contributed by atoms with Crippen LogP contribution in [-0.2, 0) is 16.0 Å². The fourth-order valence-corrected chi connectivity index (χ4v) is 3.41. The summed E-state index contributed by atoms with van der Waals surface area (Å²) in [5.74, 6) is -0.453. The second kappa shape index (κ2) is 8.93. The zero-order valence-electron chi connectivity index (χ0n) is 15.6. The predicted octanol–water partition coefficient (Wildman–Crippen LogP) is 3.84. The van der Waals surface area contributed by atoms with Crippen molar-refractivity contribution in [3.05, 3.63) is 64.3 Å². The molecule has 6 nitrogen and oxygen atoms in total. The van der Waals surface area contributed by atoms with E-state index in [1.54, 1.807) is 18.2 Å². The summed E-state index contributed by atoms with van der Waals surface area (Å²) >= 11 is 3.37. The Kier molecular flexibility index (Phi) is 6.36. The Hall–Kier alpha value is -2.80. The minimum Gasteiger partial charge on any atom is -0.493 e. The van der Waals surface area contributed by atoms with Gasteiger partial charge < -0.3 is 19.8 Å². The highest BCUT2D eigenvalue weighted by atomic mass is 79.9. The van der Waals surface area contributed by atoms with Crippen molar-refractivity contribution < 1.29 is 19.1 Å². The molecule has 0 saturated heterocycles. The summed E-state index contributed by atoms with van der Waals surface area (Å²) in [6.45, 7) is 2.27. The molecule has 1 aromatic heterocycles. The third-order valence-corrected chi connectivity index (χ3v) is 4.87. The van der Waals surface area contributed by atoms with E-state index in [4.69, 9.17) is 9.47 Å². The molecule has 3 aromatic rings. The van der Waals surface area contributed by atoms with Crippen molar-refractivity contribution in [3.63, 3.8) is 0 Å². The van der Waals surface area contributed by atoms with Gasteiger partial charge in [0.05, 0.1) is 19.3 Å². The molecule has 0 saturated carbocycles. The highest BCUT2D eigenvalue weighted by molar-refractivity contribution is 9.10. The minimum atomic E-state index is -0.829. The van der Waals surface area contributed by atoms with Gasteiger partial charge in [0.15, 0.2) is 0 Å². The Morgan fingerprint density at radius 2 is 2.00 bits per heavy atom. The van der Waals surface area contributed by atoms with Crippen LogP contribution in [0, 0.1) is 0 Å². The van der Waals surface area contributed by atoms with Crippen LogP contribution in [0.15, 0.2) is 53.1 Å². The molecular formula is C21H21BrN2O4. The van der Waals surface area contributed by atoms with Gasteiger partial charge in [-0.05, 0) is 36.8 Å². The smallest absolute Gasteiger partial charge is 0.328 e. The molecule has 2 aromatic carbocycles. The maximum absolute atomic E-state index is 12.9. The largest absolute Gasteiger partial charge is 0.493 e. The van der Waals surface area contributed by atoms with Gasteiger partial charge in [-0.15, -0.1) is 0 Å². The minimum absolute atomic E-state index is 0.306. The molecule has 1 atom stereocenters. The molecule has 0 fully saturated rings. The average molecular weight is 445 g/mol. The SMILES string of the molecule is CCOc1ccc(Br)cc1C(=O)N[C@H](Cc1c[nH]c2ccccc12)C(=O)OC. The number of carbonyl (C=O) groups excluding carboxylic acids is 2. The molecule has 7 heteroatoms. The lowest BCUT2D eigenvalue weighted by molar-refractivity contribution is -0.142. The van der Waals surface area contributed by atoms with E-state index in [2.05, 4.69) is 26.2 Å². The van der Waals surface area contributed by atoms with Gasteiger partial charge in [-0.3, -0.25) is 4.79 Å². The maximum Gasteiger partial charge on any atom is 0.328 e. The van der Waals surface area contributed by atoms with Gasteiger partial charge in [0, 0.05) is 28.0 Å². The van der Waals surface area contributed by atoms with Crippen molar-refractivity contribution in [1.29, 1.82) is 0 Å². The molecule has 0 aliphatic heterocycles. The molecule has 146 valence electrons. The number of nitrogens with one attached hydrogen (secondary N) is 2. The molecule has 2 N–H and O–H groups in total. The monoisotopic (exact) mass is 444 g/mol. The summed E-state index contributed by atoms with van der Waals surface area (Å²) in [4.78, 5) is 28.4. The number of carbonyl (C=O) groups is 2. The first-order valence-corrected chi connectivity index (χ1v) is 9.68. The number of hydrogen-bond donors (Lipinski definition) is 2. The third kappa shape index (κ3) is 4.36. The third-order valence-electron chi connectivity index (χ3n) is 4.38. The number of para-hydroxylation sites is 1. The van der Waals surface area contributed by atoms with Crippen LogP contribution in [-0.4, -0.2) is 36.6 Å². The van der Waals surface area contributed by atoms with E-state index in [1.807, 2.05) is 37.4 Å². The van der Waals surface area contributed by atoms with Gasteiger partial charge in [-0.25, -0.2) is 4.79 Å². The summed E-state index contributed by atoms with van der Waals surface area (Å²) in [5, 5.41) is 3.79. The Morgan fingerprint density at radius 1 is 1.21 bits per heavy atom. The molecule has 0 radical (unpaired) electrons. The number of hydrogen-bond acceptors (Lipinski definition) is 4. The molecular weight excluding hydrogens is 424 g/mol. The number of rotatable bonds is 7. The Morgan fingerprint density at radius 3 is 2.75 bits per heavy atom. The highest BCUT2D eigenvalue weighted by Crippen LogP contribution is 2.24. The Balaban J connectivity index is 1.86. The van der Waals surface area contributed by atoms with Crippen LogP contribution in [0.2, 0.25) is 0 Å². The number of amides is 1. The van der Waals surface area contributed by atoms with E-state index >= 15 is 0 Å². The maximum atomic E-state index is 12.9. The summed E-state index contributed by atoms with van der Waals surface area (Å²) in [7, 11) is 1.31. The van der Waals surface area contributed by atoms with Gasteiger partial charge in [0.2, 0.25) is 0 Å². The van der Waals surface area contributed by atoms with Crippen LogP contribution in [0.1, 0.15) is 22.8 Å².